The van der Waals surface area contributed by atoms with Gasteiger partial charge in [0.2, 0.25) is 0 Å². The third-order valence-corrected chi connectivity index (χ3v) is 3.03. The third kappa shape index (κ3) is 3.02. The standard InChI is InChI=1S/C11H20N4/c1-11(2,12-3)6-10-8-15(14-13-10)7-9-4-5-9/h8-9,12H,4-7H2,1-3H3. The molecular formula is C11H20N4. The highest BCUT2D eigenvalue weighted by Crippen LogP contribution is 2.30. The van der Waals surface area contributed by atoms with Gasteiger partial charge in [-0.25, -0.2) is 0 Å². The summed E-state index contributed by atoms with van der Waals surface area (Å²) in [4.78, 5) is 0. The summed E-state index contributed by atoms with van der Waals surface area (Å²) in [6, 6.07) is 0. The molecular weight excluding hydrogens is 188 g/mol. The molecule has 1 aliphatic carbocycles. The predicted octanol–water partition coefficient (Wildman–Crippen LogP) is 1.23. The molecule has 1 saturated carbocycles. The molecule has 0 unspecified atom stereocenters. The van der Waals surface area contributed by atoms with Gasteiger partial charge in [-0.15, -0.1) is 5.10 Å². The molecule has 84 valence electrons. The Labute approximate surface area is 91.1 Å². The Hall–Kier alpha value is -0.900. The van der Waals surface area contributed by atoms with E-state index in [-0.39, 0.29) is 5.54 Å². The van der Waals surface area contributed by atoms with Crippen molar-refractivity contribution in [3.8, 4) is 0 Å². The zero-order chi connectivity index (χ0) is 10.9. The van der Waals surface area contributed by atoms with Crippen molar-refractivity contribution in [3.05, 3.63) is 11.9 Å². The van der Waals surface area contributed by atoms with E-state index in [1.54, 1.807) is 0 Å². The Kier molecular flexibility index (Phi) is 2.78. The van der Waals surface area contributed by atoms with E-state index in [1.807, 2.05) is 11.7 Å². The highest BCUT2D eigenvalue weighted by molar-refractivity contribution is 4.99. The van der Waals surface area contributed by atoms with Crippen LogP contribution < -0.4 is 5.32 Å². The fraction of sp³-hybridized carbons (Fsp3) is 0.818. The van der Waals surface area contributed by atoms with Crippen molar-refractivity contribution in [3.63, 3.8) is 0 Å². The molecule has 0 aliphatic heterocycles. The minimum absolute atomic E-state index is 0.0977. The second-order valence-corrected chi connectivity index (χ2v) is 5.19. The maximum atomic E-state index is 4.20. The zero-order valence-corrected chi connectivity index (χ0v) is 9.82. The van der Waals surface area contributed by atoms with Crippen LogP contribution >= 0.6 is 0 Å². The fourth-order valence-corrected chi connectivity index (χ4v) is 1.61. The molecule has 4 nitrogen and oxygen atoms in total. The van der Waals surface area contributed by atoms with Crippen molar-refractivity contribution in [1.82, 2.24) is 20.3 Å². The molecule has 0 saturated heterocycles. The Morgan fingerprint density at radius 1 is 1.53 bits per heavy atom. The quantitative estimate of drug-likeness (QED) is 0.791. The van der Waals surface area contributed by atoms with Gasteiger partial charge < -0.3 is 5.32 Å². The molecule has 1 N–H and O–H groups in total. The lowest BCUT2D eigenvalue weighted by atomic mass is 9.99. The number of aromatic nitrogens is 3. The van der Waals surface area contributed by atoms with Crippen molar-refractivity contribution in [1.29, 1.82) is 0 Å². The molecule has 15 heavy (non-hydrogen) atoms. The first kappa shape index (κ1) is 10.6. The summed E-state index contributed by atoms with van der Waals surface area (Å²) in [7, 11) is 1.98. The average molecular weight is 208 g/mol. The maximum Gasteiger partial charge on any atom is 0.0845 e. The Morgan fingerprint density at radius 3 is 2.87 bits per heavy atom. The molecule has 0 aromatic carbocycles. The topological polar surface area (TPSA) is 42.7 Å². The van der Waals surface area contributed by atoms with Gasteiger partial charge in [0.05, 0.1) is 5.69 Å². The van der Waals surface area contributed by atoms with Crippen LogP contribution in [-0.2, 0) is 13.0 Å². The van der Waals surface area contributed by atoms with E-state index in [2.05, 4.69) is 35.7 Å². The lowest BCUT2D eigenvalue weighted by Crippen LogP contribution is -2.38. The number of nitrogens with zero attached hydrogens (tertiary/aromatic N) is 3. The smallest absolute Gasteiger partial charge is 0.0845 e. The summed E-state index contributed by atoms with van der Waals surface area (Å²) in [5, 5.41) is 11.6. The first-order valence-corrected chi connectivity index (χ1v) is 5.67. The van der Waals surface area contributed by atoms with E-state index in [4.69, 9.17) is 0 Å². The molecule has 1 heterocycles. The maximum absolute atomic E-state index is 4.20. The molecule has 1 fully saturated rings. The van der Waals surface area contributed by atoms with Gasteiger partial charge in [-0.05, 0) is 39.7 Å². The van der Waals surface area contributed by atoms with Gasteiger partial charge in [0, 0.05) is 24.7 Å². The van der Waals surface area contributed by atoms with Crippen LogP contribution in [0.3, 0.4) is 0 Å². The van der Waals surface area contributed by atoms with Crippen LogP contribution in [-0.4, -0.2) is 27.6 Å². The van der Waals surface area contributed by atoms with Gasteiger partial charge in [0.1, 0.15) is 0 Å². The molecule has 0 atom stereocenters. The highest BCUT2D eigenvalue weighted by Gasteiger charge is 2.23. The second kappa shape index (κ2) is 3.93. The summed E-state index contributed by atoms with van der Waals surface area (Å²) in [6.07, 6.45) is 5.72. The first-order valence-electron chi connectivity index (χ1n) is 5.67. The van der Waals surface area contributed by atoms with Gasteiger partial charge in [-0.2, -0.15) is 0 Å². The van der Waals surface area contributed by atoms with Gasteiger partial charge >= 0.3 is 0 Å². The minimum Gasteiger partial charge on any atom is -0.314 e. The van der Waals surface area contributed by atoms with Crippen molar-refractivity contribution < 1.29 is 0 Å². The number of rotatable bonds is 5. The number of hydrogen-bond donors (Lipinski definition) is 1. The largest absolute Gasteiger partial charge is 0.314 e. The number of nitrogens with one attached hydrogen (secondary N) is 1. The molecule has 0 radical (unpaired) electrons. The van der Waals surface area contributed by atoms with E-state index in [0.29, 0.717) is 0 Å². The molecule has 0 bridgehead atoms. The Bertz CT molecular complexity index is 325. The summed E-state index contributed by atoms with van der Waals surface area (Å²) in [6.45, 7) is 5.40. The average Bonchev–Trinajstić information content (AvgIpc) is 2.88. The van der Waals surface area contributed by atoms with Gasteiger partial charge in [0.15, 0.2) is 0 Å². The molecule has 1 aromatic heterocycles. The molecule has 1 aromatic rings. The van der Waals surface area contributed by atoms with E-state index >= 15 is 0 Å². The van der Waals surface area contributed by atoms with Crippen LogP contribution in [0.1, 0.15) is 32.4 Å². The van der Waals surface area contributed by atoms with Crippen LogP contribution in [0.4, 0.5) is 0 Å². The first-order chi connectivity index (χ1) is 7.09. The van der Waals surface area contributed by atoms with E-state index in [1.165, 1.54) is 12.8 Å². The number of hydrogen-bond acceptors (Lipinski definition) is 3. The summed E-state index contributed by atoms with van der Waals surface area (Å²) >= 11 is 0. The predicted molar refractivity (Wildman–Crippen MR) is 59.6 cm³/mol. The summed E-state index contributed by atoms with van der Waals surface area (Å²) in [5.74, 6) is 0.858. The van der Waals surface area contributed by atoms with E-state index in [0.717, 1.165) is 24.6 Å². The lowest BCUT2D eigenvalue weighted by Gasteiger charge is -2.22. The van der Waals surface area contributed by atoms with Gasteiger partial charge in [-0.1, -0.05) is 5.21 Å². The van der Waals surface area contributed by atoms with Crippen LogP contribution in [0.25, 0.3) is 0 Å². The molecule has 0 spiro atoms. The molecule has 2 rings (SSSR count). The summed E-state index contributed by atoms with van der Waals surface area (Å²) < 4.78 is 1.98. The van der Waals surface area contributed by atoms with Crippen LogP contribution in [0.2, 0.25) is 0 Å². The van der Waals surface area contributed by atoms with Crippen LogP contribution in [0.15, 0.2) is 6.20 Å². The SMILES string of the molecule is CNC(C)(C)Cc1cn(CC2CC2)nn1. The Balaban J connectivity index is 1.93. The van der Waals surface area contributed by atoms with Gasteiger partial charge in [0.25, 0.3) is 0 Å². The Morgan fingerprint density at radius 2 is 2.27 bits per heavy atom. The van der Waals surface area contributed by atoms with Crippen molar-refractivity contribution in [2.45, 2.75) is 45.2 Å². The molecule has 0 amide bonds. The van der Waals surface area contributed by atoms with Crippen molar-refractivity contribution in [2.75, 3.05) is 7.05 Å². The lowest BCUT2D eigenvalue weighted by molar-refractivity contribution is 0.417. The third-order valence-electron chi connectivity index (χ3n) is 3.03. The monoisotopic (exact) mass is 208 g/mol. The molecule has 1 aliphatic rings. The van der Waals surface area contributed by atoms with Crippen LogP contribution in [0.5, 0.6) is 0 Å². The van der Waals surface area contributed by atoms with Gasteiger partial charge in [-0.3, -0.25) is 4.68 Å². The second-order valence-electron chi connectivity index (χ2n) is 5.19. The fourth-order valence-electron chi connectivity index (χ4n) is 1.61. The van der Waals surface area contributed by atoms with E-state index < -0.39 is 0 Å². The van der Waals surface area contributed by atoms with E-state index in [9.17, 15) is 0 Å². The summed E-state index contributed by atoms with van der Waals surface area (Å²) in [5.41, 5.74) is 1.18. The molecule has 4 heteroatoms. The van der Waals surface area contributed by atoms with Crippen molar-refractivity contribution in [2.24, 2.45) is 5.92 Å². The zero-order valence-electron chi connectivity index (χ0n) is 9.82. The normalized spacial score (nSPS) is 17.0. The minimum atomic E-state index is 0.0977. The number of likely N-dealkylation sites (N-methyl/N-ethyl adjacent to an activating group) is 1. The van der Waals surface area contributed by atoms with Crippen molar-refractivity contribution >= 4 is 0 Å². The van der Waals surface area contributed by atoms with Crippen LogP contribution in [0, 0.1) is 5.92 Å². The highest BCUT2D eigenvalue weighted by atomic mass is 15.4.